The summed E-state index contributed by atoms with van der Waals surface area (Å²) in [5.41, 5.74) is 1.22. The lowest BCUT2D eigenvalue weighted by molar-refractivity contribution is 0.781. The summed E-state index contributed by atoms with van der Waals surface area (Å²) in [5.74, 6) is 2.59. The van der Waals surface area contributed by atoms with Gasteiger partial charge in [0.1, 0.15) is 0 Å². The van der Waals surface area contributed by atoms with Crippen molar-refractivity contribution in [2.24, 2.45) is 0 Å². The summed E-state index contributed by atoms with van der Waals surface area (Å²) in [6.07, 6.45) is 8.83. The third-order valence-corrected chi connectivity index (χ3v) is 1.23. The molecule has 0 amide bonds. The second kappa shape index (κ2) is 3.03. The molecule has 0 spiro atoms. The summed E-state index contributed by atoms with van der Waals surface area (Å²) < 4.78 is 0. The molecule has 0 radical (unpaired) electrons. The molecule has 0 saturated heterocycles. The van der Waals surface area contributed by atoms with Crippen molar-refractivity contribution in [3.05, 3.63) is 11.9 Å². The molecular weight excluding hydrogens is 112 g/mol. The summed E-state index contributed by atoms with van der Waals surface area (Å²) in [5, 5.41) is 6.19. The highest BCUT2D eigenvalue weighted by Crippen LogP contribution is 2.00. The summed E-state index contributed by atoms with van der Waals surface area (Å²) in [4.78, 5) is 0. The van der Waals surface area contributed by atoms with Gasteiger partial charge in [0.05, 0.1) is 6.67 Å². The van der Waals surface area contributed by atoms with Crippen LogP contribution >= 0.6 is 0 Å². The maximum Gasteiger partial charge on any atom is 0.0843 e. The summed E-state index contributed by atoms with van der Waals surface area (Å²) >= 11 is 0. The van der Waals surface area contributed by atoms with E-state index >= 15 is 0 Å². The minimum absolute atomic E-state index is 0.820. The molecule has 0 aliphatic carbocycles. The first-order chi connectivity index (χ1) is 4.43. The zero-order valence-corrected chi connectivity index (χ0v) is 5.28. The number of allylic oxidation sites excluding steroid dienone is 1. The largest absolute Gasteiger partial charge is 0.372 e. The number of rotatable bonds is 2. The molecule has 0 fully saturated rings. The van der Waals surface area contributed by atoms with E-state index in [1.165, 1.54) is 5.70 Å². The lowest BCUT2D eigenvalue weighted by Gasteiger charge is -1.96. The van der Waals surface area contributed by atoms with Gasteiger partial charge in [-0.25, -0.2) is 0 Å². The zero-order chi connectivity index (χ0) is 6.53. The van der Waals surface area contributed by atoms with E-state index in [0.717, 1.165) is 19.5 Å². The average molecular weight is 122 g/mol. The van der Waals surface area contributed by atoms with Crippen molar-refractivity contribution in [3.63, 3.8) is 0 Å². The molecular formula is C7H10N2. The van der Waals surface area contributed by atoms with Gasteiger partial charge in [0, 0.05) is 18.3 Å². The van der Waals surface area contributed by atoms with Gasteiger partial charge in [-0.15, -0.1) is 12.3 Å². The molecule has 1 aliphatic heterocycles. The lowest BCUT2D eigenvalue weighted by Crippen LogP contribution is -2.13. The second-order valence-corrected chi connectivity index (χ2v) is 1.93. The smallest absolute Gasteiger partial charge is 0.0843 e. The Labute approximate surface area is 55.3 Å². The zero-order valence-electron chi connectivity index (χ0n) is 5.28. The maximum absolute atomic E-state index is 5.08. The molecule has 2 N–H and O–H groups in total. The van der Waals surface area contributed by atoms with E-state index in [1.807, 2.05) is 6.20 Å². The molecule has 9 heavy (non-hydrogen) atoms. The summed E-state index contributed by atoms with van der Waals surface area (Å²) in [6.45, 7) is 0.847. The Morgan fingerprint density at radius 3 is 3.22 bits per heavy atom. The van der Waals surface area contributed by atoms with Crippen molar-refractivity contribution in [3.8, 4) is 12.3 Å². The highest BCUT2D eigenvalue weighted by molar-refractivity contribution is 5.05. The van der Waals surface area contributed by atoms with Crippen molar-refractivity contribution in [2.75, 3.05) is 6.67 Å². The highest BCUT2D eigenvalue weighted by atomic mass is 15.1. The van der Waals surface area contributed by atoms with Crippen LogP contribution in [-0.2, 0) is 0 Å². The molecule has 0 aromatic carbocycles. The van der Waals surface area contributed by atoms with Gasteiger partial charge < -0.3 is 10.6 Å². The Balaban J connectivity index is 2.20. The van der Waals surface area contributed by atoms with Crippen LogP contribution in [0.1, 0.15) is 12.8 Å². The van der Waals surface area contributed by atoms with Crippen LogP contribution in [0.3, 0.4) is 0 Å². The monoisotopic (exact) mass is 122 g/mol. The Morgan fingerprint density at radius 1 is 1.78 bits per heavy atom. The number of terminal acetylenes is 1. The fourth-order valence-electron chi connectivity index (χ4n) is 0.757. The molecule has 0 aromatic heterocycles. The van der Waals surface area contributed by atoms with Crippen LogP contribution in [0.2, 0.25) is 0 Å². The van der Waals surface area contributed by atoms with Crippen molar-refractivity contribution in [1.82, 2.24) is 10.6 Å². The van der Waals surface area contributed by atoms with E-state index in [4.69, 9.17) is 6.42 Å². The van der Waals surface area contributed by atoms with Gasteiger partial charge in [0.2, 0.25) is 0 Å². The third-order valence-electron chi connectivity index (χ3n) is 1.23. The number of hydrogen-bond donors (Lipinski definition) is 2. The van der Waals surface area contributed by atoms with Gasteiger partial charge in [-0.1, -0.05) is 0 Å². The van der Waals surface area contributed by atoms with Crippen molar-refractivity contribution >= 4 is 0 Å². The van der Waals surface area contributed by atoms with E-state index in [0.29, 0.717) is 0 Å². The Morgan fingerprint density at radius 2 is 2.67 bits per heavy atom. The van der Waals surface area contributed by atoms with Crippen LogP contribution in [0.25, 0.3) is 0 Å². The van der Waals surface area contributed by atoms with Gasteiger partial charge in [-0.05, 0) is 6.42 Å². The van der Waals surface area contributed by atoms with Crippen LogP contribution in [0.5, 0.6) is 0 Å². The minimum Gasteiger partial charge on any atom is -0.372 e. The summed E-state index contributed by atoms with van der Waals surface area (Å²) in [6, 6.07) is 0. The van der Waals surface area contributed by atoms with Gasteiger partial charge in [0.15, 0.2) is 0 Å². The normalized spacial score (nSPS) is 15.2. The van der Waals surface area contributed by atoms with Gasteiger partial charge in [-0.2, -0.15) is 0 Å². The van der Waals surface area contributed by atoms with Gasteiger partial charge in [-0.3, -0.25) is 0 Å². The van der Waals surface area contributed by atoms with E-state index < -0.39 is 0 Å². The summed E-state index contributed by atoms with van der Waals surface area (Å²) in [7, 11) is 0. The van der Waals surface area contributed by atoms with Crippen molar-refractivity contribution in [2.45, 2.75) is 12.8 Å². The molecule has 0 atom stereocenters. The average Bonchev–Trinajstić information content (AvgIpc) is 2.34. The molecule has 48 valence electrons. The lowest BCUT2D eigenvalue weighted by atomic mass is 10.3. The topological polar surface area (TPSA) is 24.1 Å². The Bertz CT molecular complexity index is 153. The molecule has 0 unspecified atom stereocenters. The molecule has 2 nitrogen and oxygen atoms in total. The first-order valence-electron chi connectivity index (χ1n) is 3.03. The first kappa shape index (κ1) is 6.03. The number of hydrogen-bond acceptors (Lipinski definition) is 2. The fourth-order valence-corrected chi connectivity index (χ4v) is 0.757. The molecule has 0 aromatic rings. The van der Waals surface area contributed by atoms with Crippen LogP contribution in [-0.4, -0.2) is 6.67 Å². The van der Waals surface area contributed by atoms with Gasteiger partial charge >= 0.3 is 0 Å². The predicted octanol–water partition coefficient (Wildman–Crippen LogP) is 0.391. The SMILES string of the molecule is C#CCCC1=CNCN1. The molecule has 2 heteroatoms. The van der Waals surface area contributed by atoms with Crippen LogP contribution in [0.15, 0.2) is 11.9 Å². The van der Waals surface area contributed by atoms with Crippen LogP contribution < -0.4 is 10.6 Å². The Kier molecular flexibility index (Phi) is 2.03. The number of nitrogens with one attached hydrogen (secondary N) is 2. The van der Waals surface area contributed by atoms with E-state index in [2.05, 4.69) is 16.6 Å². The van der Waals surface area contributed by atoms with E-state index in [-0.39, 0.29) is 0 Å². The maximum atomic E-state index is 5.08. The minimum atomic E-state index is 0.820. The Hall–Kier alpha value is -1.10. The molecule has 0 saturated carbocycles. The van der Waals surface area contributed by atoms with E-state index in [9.17, 15) is 0 Å². The molecule has 1 heterocycles. The van der Waals surface area contributed by atoms with Crippen LogP contribution in [0.4, 0.5) is 0 Å². The molecule has 1 aliphatic rings. The highest BCUT2D eigenvalue weighted by Gasteiger charge is 1.98. The van der Waals surface area contributed by atoms with E-state index in [1.54, 1.807) is 0 Å². The van der Waals surface area contributed by atoms with Crippen LogP contribution in [0, 0.1) is 12.3 Å². The predicted molar refractivity (Wildman–Crippen MR) is 37.3 cm³/mol. The second-order valence-electron chi connectivity index (χ2n) is 1.93. The standard InChI is InChI=1S/C7H10N2/c1-2-3-4-7-5-8-6-9-7/h1,5,8-9H,3-4,6H2. The molecule has 0 bridgehead atoms. The van der Waals surface area contributed by atoms with Crippen molar-refractivity contribution < 1.29 is 0 Å². The quantitative estimate of drug-likeness (QED) is 0.518. The third kappa shape index (κ3) is 1.69. The fraction of sp³-hybridized carbons (Fsp3) is 0.429. The first-order valence-corrected chi connectivity index (χ1v) is 3.03. The van der Waals surface area contributed by atoms with Gasteiger partial charge in [0.25, 0.3) is 0 Å². The molecule has 1 rings (SSSR count). The van der Waals surface area contributed by atoms with Crippen molar-refractivity contribution in [1.29, 1.82) is 0 Å².